The molecule has 5 heteroatoms. The first-order chi connectivity index (χ1) is 15.0. The van der Waals surface area contributed by atoms with Gasteiger partial charge in [0.15, 0.2) is 5.76 Å². The van der Waals surface area contributed by atoms with Crippen LogP contribution in [-0.4, -0.2) is 21.7 Å². The number of aryl methyl sites for hydroxylation is 3. The van der Waals surface area contributed by atoms with E-state index >= 15 is 0 Å². The van der Waals surface area contributed by atoms with E-state index in [0.717, 1.165) is 29.7 Å². The van der Waals surface area contributed by atoms with Crippen LogP contribution in [0.2, 0.25) is 0 Å². The first kappa shape index (κ1) is 20.7. The van der Waals surface area contributed by atoms with Crippen LogP contribution >= 0.6 is 0 Å². The number of hydrogen-bond donors (Lipinski definition) is 1. The summed E-state index contributed by atoms with van der Waals surface area (Å²) in [5.74, 6) is 0.488. The van der Waals surface area contributed by atoms with Gasteiger partial charge in [-0.25, -0.2) is 4.68 Å². The van der Waals surface area contributed by atoms with Crippen LogP contribution < -0.4 is 5.32 Å². The molecule has 0 radical (unpaired) electrons. The van der Waals surface area contributed by atoms with Crippen molar-refractivity contribution in [1.29, 1.82) is 0 Å². The minimum atomic E-state index is -0.147. The van der Waals surface area contributed by atoms with Gasteiger partial charge in [-0.2, -0.15) is 5.10 Å². The summed E-state index contributed by atoms with van der Waals surface area (Å²) in [6, 6.07) is 21.9. The van der Waals surface area contributed by atoms with Crippen molar-refractivity contribution < 1.29 is 9.21 Å². The van der Waals surface area contributed by atoms with Crippen molar-refractivity contribution in [3.63, 3.8) is 0 Å². The second kappa shape index (κ2) is 9.04. The normalized spacial score (nSPS) is 12.0. The highest BCUT2D eigenvalue weighted by atomic mass is 16.3. The fourth-order valence-corrected chi connectivity index (χ4v) is 3.62. The maximum atomic E-state index is 13.2. The zero-order chi connectivity index (χ0) is 21.8. The molecule has 0 aliphatic carbocycles. The van der Waals surface area contributed by atoms with Gasteiger partial charge >= 0.3 is 0 Å². The SMILES string of the molecule is Cc1ccc(C)c(-n2nc(-c3ccco3)cc2C(=O)NC(C)CCc2ccccc2)c1. The molecule has 4 rings (SSSR count). The van der Waals surface area contributed by atoms with E-state index in [-0.39, 0.29) is 11.9 Å². The van der Waals surface area contributed by atoms with E-state index in [1.165, 1.54) is 5.56 Å². The van der Waals surface area contributed by atoms with Gasteiger partial charge in [-0.05, 0) is 68.5 Å². The second-order valence-corrected chi connectivity index (χ2v) is 7.99. The molecule has 2 aromatic heterocycles. The van der Waals surface area contributed by atoms with E-state index < -0.39 is 0 Å². The number of aromatic nitrogens is 2. The monoisotopic (exact) mass is 413 g/mol. The van der Waals surface area contributed by atoms with Gasteiger partial charge in [0, 0.05) is 12.1 Å². The lowest BCUT2D eigenvalue weighted by atomic mass is 10.1. The molecular weight excluding hydrogens is 386 g/mol. The molecule has 31 heavy (non-hydrogen) atoms. The molecule has 0 fully saturated rings. The van der Waals surface area contributed by atoms with Crippen LogP contribution in [0.5, 0.6) is 0 Å². The Kier molecular flexibility index (Phi) is 6.03. The first-order valence-electron chi connectivity index (χ1n) is 10.6. The van der Waals surface area contributed by atoms with E-state index in [1.807, 2.05) is 63.2 Å². The predicted octanol–water partition coefficient (Wildman–Crippen LogP) is 5.50. The highest BCUT2D eigenvalue weighted by Crippen LogP contribution is 2.24. The van der Waals surface area contributed by atoms with Gasteiger partial charge < -0.3 is 9.73 Å². The summed E-state index contributed by atoms with van der Waals surface area (Å²) in [5, 5.41) is 7.85. The predicted molar refractivity (Wildman–Crippen MR) is 122 cm³/mol. The van der Waals surface area contributed by atoms with Crippen LogP contribution in [0.4, 0.5) is 0 Å². The average molecular weight is 414 g/mol. The Bertz CT molecular complexity index is 1160. The Morgan fingerprint density at radius 2 is 1.87 bits per heavy atom. The van der Waals surface area contributed by atoms with Gasteiger partial charge in [0.1, 0.15) is 11.4 Å². The molecule has 2 heterocycles. The largest absolute Gasteiger partial charge is 0.463 e. The van der Waals surface area contributed by atoms with E-state index in [4.69, 9.17) is 9.52 Å². The molecule has 4 aromatic rings. The van der Waals surface area contributed by atoms with Gasteiger partial charge in [-0.3, -0.25) is 4.79 Å². The van der Waals surface area contributed by atoms with Gasteiger partial charge in [-0.15, -0.1) is 0 Å². The highest BCUT2D eigenvalue weighted by molar-refractivity contribution is 5.94. The Balaban J connectivity index is 1.60. The van der Waals surface area contributed by atoms with Crippen LogP contribution in [0.15, 0.2) is 77.4 Å². The van der Waals surface area contributed by atoms with Crippen LogP contribution in [-0.2, 0) is 6.42 Å². The number of furan rings is 1. The Morgan fingerprint density at radius 3 is 2.61 bits per heavy atom. The molecule has 0 bridgehead atoms. The van der Waals surface area contributed by atoms with Crippen molar-refractivity contribution in [1.82, 2.24) is 15.1 Å². The minimum Gasteiger partial charge on any atom is -0.463 e. The molecule has 0 spiro atoms. The summed E-state index contributed by atoms with van der Waals surface area (Å²) in [4.78, 5) is 13.2. The lowest BCUT2D eigenvalue weighted by molar-refractivity contribution is 0.0930. The quantitative estimate of drug-likeness (QED) is 0.435. The molecule has 1 N–H and O–H groups in total. The molecule has 1 amide bonds. The smallest absolute Gasteiger partial charge is 0.270 e. The van der Waals surface area contributed by atoms with Crippen LogP contribution in [0.25, 0.3) is 17.1 Å². The van der Waals surface area contributed by atoms with Gasteiger partial charge in [0.05, 0.1) is 12.0 Å². The third kappa shape index (κ3) is 4.77. The van der Waals surface area contributed by atoms with Crippen LogP contribution in [0, 0.1) is 13.8 Å². The zero-order valence-electron chi connectivity index (χ0n) is 18.1. The summed E-state index contributed by atoms with van der Waals surface area (Å²) in [5.41, 5.74) is 5.44. The Labute approximate surface area is 182 Å². The third-order valence-corrected chi connectivity index (χ3v) is 5.39. The van der Waals surface area contributed by atoms with E-state index in [0.29, 0.717) is 17.1 Å². The summed E-state index contributed by atoms with van der Waals surface area (Å²) in [6.45, 7) is 6.09. The summed E-state index contributed by atoms with van der Waals surface area (Å²) in [6.07, 6.45) is 3.38. The lowest BCUT2D eigenvalue weighted by Gasteiger charge is -2.15. The second-order valence-electron chi connectivity index (χ2n) is 7.99. The number of rotatable bonds is 7. The number of nitrogens with one attached hydrogen (secondary N) is 1. The first-order valence-corrected chi connectivity index (χ1v) is 10.6. The zero-order valence-corrected chi connectivity index (χ0v) is 18.1. The molecule has 158 valence electrons. The van der Waals surface area contributed by atoms with Crippen LogP contribution in [0.3, 0.4) is 0 Å². The maximum Gasteiger partial charge on any atom is 0.270 e. The topological polar surface area (TPSA) is 60.1 Å². The average Bonchev–Trinajstić information content (AvgIpc) is 3.45. The molecule has 1 unspecified atom stereocenters. The summed E-state index contributed by atoms with van der Waals surface area (Å²) in [7, 11) is 0. The van der Waals surface area contributed by atoms with Crippen molar-refractivity contribution in [3.05, 3.63) is 95.4 Å². The fourth-order valence-electron chi connectivity index (χ4n) is 3.62. The molecule has 0 aliphatic rings. The molecule has 5 nitrogen and oxygen atoms in total. The molecule has 1 atom stereocenters. The molecular formula is C26H27N3O2. The van der Waals surface area contributed by atoms with Crippen molar-refractivity contribution in [2.24, 2.45) is 0 Å². The third-order valence-electron chi connectivity index (χ3n) is 5.39. The number of benzene rings is 2. The Morgan fingerprint density at radius 1 is 1.06 bits per heavy atom. The molecule has 0 saturated carbocycles. The van der Waals surface area contributed by atoms with Crippen molar-refractivity contribution in [2.75, 3.05) is 0 Å². The van der Waals surface area contributed by atoms with Crippen molar-refractivity contribution >= 4 is 5.91 Å². The highest BCUT2D eigenvalue weighted by Gasteiger charge is 2.21. The number of nitrogens with zero attached hydrogens (tertiary/aromatic N) is 2. The van der Waals surface area contributed by atoms with Crippen molar-refractivity contribution in [3.8, 4) is 17.1 Å². The number of hydrogen-bond acceptors (Lipinski definition) is 3. The number of amides is 1. The van der Waals surface area contributed by atoms with Gasteiger partial charge in [-0.1, -0.05) is 42.5 Å². The summed E-state index contributed by atoms with van der Waals surface area (Å²) < 4.78 is 7.24. The van der Waals surface area contributed by atoms with E-state index in [1.54, 1.807) is 17.0 Å². The Hall–Kier alpha value is -3.60. The van der Waals surface area contributed by atoms with Crippen molar-refractivity contribution in [2.45, 2.75) is 39.7 Å². The van der Waals surface area contributed by atoms with E-state index in [2.05, 4.69) is 23.5 Å². The lowest BCUT2D eigenvalue weighted by Crippen LogP contribution is -2.34. The molecule has 2 aromatic carbocycles. The maximum absolute atomic E-state index is 13.2. The molecule has 0 saturated heterocycles. The van der Waals surface area contributed by atoms with Crippen LogP contribution in [0.1, 0.15) is 40.5 Å². The van der Waals surface area contributed by atoms with Gasteiger partial charge in [0.25, 0.3) is 5.91 Å². The molecule has 0 aliphatic heterocycles. The van der Waals surface area contributed by atoms with E-state index in [9.17, 15) is 4.79 Å². The standard InChI is InChI=1S/C26H27N3O2/c1-18-11-12-19(2)23(16-18)29-24(17-22(28-29)25-10-7-15-31-25)26(30)27-20(3)13-14-21-8-5-4-6-9-21/h4-12,15-17,20H,13-14H2,1-3H3,(H,27,30). The van der Waals surface area contributed by atoms with Gasteiger partial charge in [0.2, 0.25) is 0 Å². The fraction of sp³-hybridized carbons (Fsp3) is 0.231. The number of carbonyl (C=O) groups is 1. The summed E-state index contributed by atoms with van der Waals surface area (Å²) >= 11 is 0. The minimum absolute atomic E-state index is 0.0294. The number of carbonyl (C=O) groups excluding carboxylic acids is 1.